The smallest absolute Gasteiger partial charge is 0.246 e. The van der Waals surface area contributed by atoms with Gasteiger partial charge in [0.1, 0.15) is 17.0 Å². The molecule has 0 spiro atoms. The lowest BCUT2D eigenvalue weighted by atomic mass is 10.2. The number of nitrogens with zero attached hydrogens (tertiary/aromatic N) is 1. The van der Waals surface area contributed by atoms with Gasteiger partial charge in [-0.3, -0.25) is 0 Å². The van der Waals surface area contributed by atoms with Crippen LogP contribution in [0.2, 0.25) is 0 Å². The summed E-state index contributed by atoms with van der Waals surface area (Å²) < 4.78 is 36.7. The molecule has 1 nitrogen and oxygen atoms in total. The van der Waals surface area contributed by atoms with Crippen LogP contribution in [0.25, 0.3) is 0 Å². The third-order valence-electron chi connectivity index (χ3n) is 1.33. The van der Waals surface area contributed by atoms with Gasteiger partial charge in [0, 0.05) is 5.56 Å². The molecule has 0 N–H and O–H groups in total. The van der Waals surface area contributed by atoms with Crippen LogP contribution in [-0.2, 0) is 6.67 Å². The van der Waals surface area contributed by atoms with Crippen molar-refractivity contribution in [3.05, 3.63) is 28.0 Å². The average Bonchev–Trinajstić information content (AvgIpc) is 2.04. The maximum absolute atomic E-state index is 12.1. The highest BCUT2D eigenvalue weighted by atomic mass is 79.9. The lowest BCUT2D eigenvalue weighted by Crippen LogP contribution is -1.96. The maximum atomic E-state index is 12.1. The van der Waals surface area contributed by atoms with E-state index in [-0.39, 0.29) is 10.2 Å². The molecule has 0 aliphatic rings. The van der Waals surface area contributed by atoms with Crippen molar-refractivity contribution < 1.29 is 13.2 Å². The SMILES string of the molecule is FCc1ccc(Br)nc1C(F)F. The molecule has 0 aromatic carbocycles. The van der Waals surface area contributed by atoms with E-state index in [9.17, 15) is 13.2 Å². The summed E-state index contributed by atoms with van der Waals surface area (Å²) in [5.74, 6) is 0. The van der Waals surface area contributed by atoms with Crippen LogP contribution < -0.4 is 0 Å². The maximum Gasteiger partial charge on any atom is 0.280 e. The van der Waals surface area contributed by atoms with Crippen LogP contribution in [0.1, 0.15) is 17.7 Å². The topological polar surface area (TPSA) is 12.9 Å². The van der Waals surface area contributed by atoms with Crippen LogP contribution in [-0.4, -0.2) is 4.98 Å². The van der Waals surface area contributed by atoms with E-state index in [1.165, 1.54) is 12.1 Å². The first-order valence-corrected chi connectivity index (χ1v) is 3.94. The number of rotatable bonds is 2. The number of hydrogen-bond acceptors (Lipinski definition) is 1. The van der Waals surface area contributed by atoms with Crippen LogP contribution in [0.4, 0.5) is 13.2 Å². The van der Waals surface area contributed by atoms with E-state index < -0.39 is 18.8 Å². The molecular formula is C7H5BrF3N. The van der Waals surface area contributed by atoms with E-state index in [1.54, 1.807) is 0 Å². The molecule has 0 saturated carbocycles. The second-order valence-electron chi connectivity index (χ2n) is 2.11. The standard InChI is InChI=1S/C7H5BrF3N/c8-5-2-1-4(3-9)6(12-5)7(10)11/h1-2,7H,3H2. The van der Waals surface area contributed by atoms with E-state index in [4.69, 9.17) is 0 Å². The molecule has 1 aromatic heterocycles. The van der Waals surface area contributed by atoms with Crippen LogP contribution in [0.5, 0.6) is 0 Å². The summed E-state index contributed by atoms with van der Waals surface area (Å²) in [5, 5.41) is 0. The fourth-order valence-corrected chi connectivity index (χ4v) is 1.10. The Balaban J connectivity index is 3.12. The number of aromatic nitrogens is 1. The minimum absolute atomic E-state index is 0.0619. The summed E-state index contributed by atoms with van der Waals surface area (Å²) in [4.78, 5) is 3.47. The predicted molar refractivity (Wildman–Crippen MR) is 41.7 cm³/mol. The molecule has 1 aromatic rings. The predicted octanol–water partition coefficient (Wildman–Crippen LogP) is 3.25. The Hall–Kier alpha value is -0.580. The van der Waals surface area contributed by atoms with Crippen molar-refractivity contribution in [2.75, 3.05) is 0 Å². The van der Waals surface area contributed by atoms with Gasteiger partial charge >= 0.3 is 0 Å². The second kappa shape index (κ2) is 3.89. The molecule has 5 heteroatoms. The minimum atomic E-state index is -2.73. The first kappa shape index (κ1) is 9.51. The van der Waals surface area contributed by atoms with Gasteiger partial charge in [-0.25, -0.2) is 18.2 Å². The van der Waals surface area contributed by atoms with Gasteiger partial charge in [-0.2, -0.15) is 0 Å². The van der Waals surface area contributed by atoms with Crippen molar-refractivity contribution >= 4 is 15.9 Å². The molecule has 66 valence electrons. The zero-order valence-corrected chi connectivity index (χ0v) is 7.48. The molecule has 0 atom stereocenters. The van der Waals surface area contributed by atoms with E-state index >= 15 is 0 Å². The molecule has 0 bridgehead atoms. The monoisotopic (exact) mass is 239 g/mol. The van der Waals surface area contributed by atoms with Gasteiger partial charge in [0.05, 0.1) is 0 Å². The zero-order chi connectivity index (χ0) is 9.14. The van der Waals surface area contributed by atoms with Crippen LogP contribution in [0.15, 0.2) is 16.7 Å². The van der Waals surface area contributed by atoms with Crippen LogP contribution >= 0.6 is 15.9 Å². The van der Waals surface area contributed by atoms with E-state index in [2.05, 4.69) is 20.9 Å². The van der Waals surface area contributed by atoms with Crippen molar-refractivity contribution in [3.63, 3.8) is 0 Å². The van der Waals surface area contributed by atoms with Gasteiger partial charge in [-0.15, -0.1) is 0 Å². The largest absolute Gasteiger partial charge is 0.280 e. The summed E-state index contributed by atoms with van der Waals surface area (Å²) in [5.41, 5.74) is -0.555. The average molecular weight is 240 g/mol. The summed E-state index contributed by atoms with van der Waals surface area (Å²) in [6.07, 6.45) is -2.73. The molecule has 0 amide bonds. The molecule has 12 heavy (non-hydrogen) atoms. The Kier molecular flexibility index (Phi) is 3.08. The molecule has 1 heterocycles. The third kappa shape index (κ3) is 1.97. The number of pyridine rings is 1. The highest BCUT2D eigenvalue weighted by Gasteiger charge is 2.14. The number of hydrogen-bond donors (Lipinski definition) is 0. The molecule has 0 fully saturated rings. The molecule has 0 unspecified atom stereocenters. The Morgan fingerprint density at radius 3 is 2.58 bits per heavy atom. The highest BCUT2D eigenvalue weighted by Crippen LogP contribution is 2.23. The van der Waals surface area contributed by atoms with E-state index in [0.29, 0.717) is 0 Å². The lowest BCUT2D eigenvalue weighted by Gasteiger charge is -2.03. The lowest BCUT2D eigenvalue weighted by molar-refractivity contribution is 0.143. The van der Waals surface area contributed by atoms with Gasteiger partial charge in [-0.1, -0.05) is 6.07 Å². The Bertz CT molecular complexity index is 277. The summed E-state index contributed by atoms with van der Waals surface area (Å²) in [6, 6.07) is 2.72. The van der Waals surface area contributed by atoms with Gasteiger partial charge in [0.2, 0.25) is 0 Å². The Morgan fingerprint density at radius 2 is 2.08 bits per heavy atom. The molecular weight excluding hydrogens is 235 g/mol. The Labute approximate surface area is 75.7 Å². The zero-order valence-electron chi connectivity index (χ0n) is 5.90. The second-order valence-corrected chi connectivity index (χ2v) is 2.93. The highest BCUT2D eigenvalue weighted by molar-refractivity contribution is 9.10. The Morgan fingerprint density at radius 1 is 1.42 bits per heavy atom. The summed E-state index contributed by atoms with van der Waals surface area (Å²) in [7, 11) is 0. The van der Waals surface area contributed by atoms with E-state index in [1.807, 2.05) is 0 Å². The molecule has 0 radical (unpaired) electrons. The van der Waals surface area contributed by atoms with Crippen molar-refractivity contribution in [2.45, 2.75) is 13.1 Å². The third-order valence-corrected chi connectivity index (χ3v) is 1.77. The quantitative estimate of drug-likeness (QED) is 0.723. The first-order chi connectivity index (χ1) is 5.65. The fraction of sp³-hybridized carbons (Fsp3) is 0.286. The van der Waals surface area contributed by atoms with E-state index in [0.717, 1.165) is 0 Å². The molecule has 0 aliphatic carbocycles. The van der Waals surface area contributed by atoms with Crippen molar-refractivity contribution in [2.24, 2.45) is 0 Å². The van der Waals surface area contributed by atoms with Crippen molar-refractivity contribution in [1.29, 1.82) is 0 Å². The van der Waals surface area contributed by atoms with Crippen molar-refractivity contribution in [1.82, 2.24) is 4.98 Å². The van der Waals surface area contributed by atoms with Crippen molar-refractivity contribution in [3.8, 4) is 0 Å². The van der Waals surface area contributed by atoms with Gasteiger partial charge in [-0.05, 0) is 22.0 Å². The summed E-state index contributed by atoms with van der Waals surface area (Å²) in [6.45, 7) is -0.917. The summed E-state index contributed by atoms with van der Waals surface area (Å²) >= 11 is 2.93. The molecule has 0 aliphatic heterocycles. The normalized spacial score (nSPS) is 10.8. The van der Waals surface area contributed by atoms with Gasteiger partial charge in [0.25, 0.3) is 6.43 Å². The van der Waals surface area contributed by atoms with Gasteiger partial charge in [0.15, 0.2) is 0 Å². The number of halogens is 4. The van der Waals surface area contributed by atoms with Crippen LogP contribution in [0.3, 0.4) is 0 Å². The number of alkyl halides is 3. The van der Waals surface area contributed by atoms with Crippen LogP contribution in [0, 0.1) is 0 Å². The molecule has 0 saturated heterocycles. The first-order valence-electron chi connectivity index (χ1n) is 3.14. The molecule has 1 rings (SSSR count). The minimum Gasteiger partial charge on any atom is -0.246 e. The fourth-order valence-electron chi connectivity index (χ4n) is 0.781. The van der Waals surface area contributed by atoms with Gasteiger partial charge < -0.3 is 0 Å².